The summed E-state index contributed by atoms with van der Waals surface area (Å²) in [6, 6.07) is 19.1. The van der Waals surface area contributed by atoms with Crippen LogP contribution in [0.25, 0.3) is 22.3 Å². The fraction of sp³-hybridized carbons (Fsp3) is 0.0833. The highest BCUT2D eigenvalue weighted by atomic mass is 35.5. The third-order valence-electron chi connectivity index (χ3n) is 4.65. The van der Waals surface area contributed by atoms with Gasteiger partial charge in [0.2, 0.25) is 11.2 Å². The standard InChI is InChI=1S/C24H17Cl2NO4/c1-14-11-20-17(12-19(14)26)22(29)24(23(31-20)16-9-5-6-10-18(16)25)30-13-21(28)27-15-7-3-2-4-8-15/h2-12H,13H2,1H3,(H,27,28). The van der Waals surface area contributed by atoms with Crippen LogP contribution in [0.15, 0.2) is 75.9 Å². The molecule has 5 nitrogen and oxygen atoms in total. The van der Waals surface area contributed by atoms with Gasteiger partial charge in [-0.25, -0.2) is 0 Å². The molecule has 3 aromatic carbocycles. The molecule has 31 heavy (non-hydrogen) atoms. The van der Waals surface area contributed by atoms with Gasteiger partial charge in [-0.05, 0) is 48.9 Å². The minimum atomic E-state index is -0.439. The Balaban J connectivity index is 1.76. The lowest BCUT2D eigenvalue weighted by Gasteiger charge is -2.13. The number of fused-ring (bicyclic) bond motifs is 1. The first-order valence-electron chi connectivity index (χ1n) is 9.43. The van der Waals surface area contributed by atoms with Crippen molar-refractivity contribution in [3.63, 3.8) is 0 Å². The summed E-state index contributed by atoms with van der Waals surface area (Å²) in [5.74, 6) is -0.376. The lowest BCUT2D eigenvalue weighted by Crippen LogP contribution is -2.22. The van der Waals surface area contributed by atoms with E-state index in [1.54, 1.807) is 54.6 Å². The fourth-order valence-electron chi connectivity index (χ4n) is 3.11. The topological polar surface area (TPSA) is 68.5 Å². The molecular weight excluding hydrogens is 437 g/mol. The molecule has 0 bridgehead atoms. The number of amides is 1. The van der Waals surface area contributed by atoms with E-state index in [1.807, 2.05) is 13.0 Å². The number of nitrogens with one attached hydrogen (secondary N) is 1. The minimum absolute atomic E-state index is 0.108. The van der Waals surface area contributed by atoms with Crippen LogP contribution in [0, 0.1) is 6.92 Å². The van der Waals surface area contributed by atoms with E-state index in [2.05, 4.69) is 5.32 Å². The van der Waals surface area contributed by atoms with Crippen molar-refractivity contribution in [2.24, 2.45) is 0 Å². The highest BCUT2D eigenvalue weighted by Gasteiger charge is 2.21. The van der Waals surface area contributed by atoms with Gasteiger partial charge in [-0.2, -0.15) is 0 Å². The Morgan fingerprint density at radius 2 is 1.71 bits per heavy atom. The lowest BCUT2D eigenvalue weighted by atomic mass is 10.1. The van der Waals surface area contributed by atoms with Gasteiger partial charge < -0.3 is 14.5 Å². The molecule has 7 heteroatoms. The summed E-state index contributed by atoms with van der Waals surface area (Å²) in [5, 5.41) is 3.78. The number of benzene rings is 3. The molecule has 1 heterocycles. The molecule has 156 valence electrons. The number of anilines is 1. The molecule has 0 atom stereocenters. The number of para-hydroxylation sites is 1. The summed E-state index contributed by atoms with van der Waals surface area (Å²) < 4.78 is 11.7. The molecule has 1 amide bonds. The molecule has 0 aliphatic rings. The van der Waals surface area contributed by atoms with Crippen LogP contribution in [0.3, 0.4) is 0 Å². The van der Waals surface area contributed by atoms with Crippen molar-refractivity contribution in [2.45, 2.75) is 6.92 Å². The van der Waals surface area contributed by atoms with Gasteiger partial charge in [0.25, 0.3) is 5.91 Å². The second-order valence-electron chi connectivity index (χ2n) is 6.87. The summed E-state index contributed by atoms with van der Waals surface area (Å²) in [7, 11) is 0. The Morgan fingerprint density at radius 1 is 1.00 bits per heavy atom. The molecule has 0 aliphatic heterocycles. The molecule has 0 unspecified atom stereocenters. The van der Waals surface area contributed by atoms with Gasteiger partial charge in [0, 0.05) is 16.3 Å². The van der Waals surface area contributed by atoms with E-state index < -0.39 is 11.3 Å². The molecular formula is C24H17Cl2NO4. The van der Waals surface area contributed by atoms with Crippen molar-refractivity contribution < 1.29 is 13.9 Å². The molecule has 1 N–H and O–H groups in total. The molecule has 0 saturated heterocycles. The van der Waals surface area contributed by atoms with Crippen LogP contribution in [0.1, 0.15) is 5.56 Å². The van der Waals surface area contributed by atoms with E-state index in [0.29, 0.717) is 26.9 Å². The average molecular weight is 454 g/mol. The van der Waals surface area contributed by atoms with Crippen molar-refractivity contribution in [3.8, 4) is 17.1 Å². The van der Waals surface area contributed by atoms with E-state index in [-0.39, 0.29) is 23.5 Å². The number of ether oxygens (including phenoxy) is 1. The predicted molar refractivity (Wildman–Crippen MR) is 123 cm³/mol. The van der Waals surface area contributed by atoms with Crippen LogP contribution < -0.4 is 15.5 Å². The summed E-state index contributed by atoms with van der Waals surface area (Å²) >= 11 is 12.5. The Hall–Kier alpha value is -3.28. The smallest absolute Gasteiger partial charge is 0.262 e. The van der Waals surface area contributed by atoms with Crippen LogP contribution in [0.2, 0.25) is 10.0 Å². The molecule has 0 radical (unpaired) electrons. The zero-order valence-electron chi connectivity index (χ0n) is 16.4. The monoisotopic (exact) mass is 453 g/mol. The fourth-order valence-corrected chi connectivity index (χ4v) is 3.49. The van der Waals surface area contributed by atoms with Gasteiger partial charge in [-0.15, -0.1) is 0 Å². The maximum Gasteiger partial charge on any atom is 0.262 e. The van der Waals surface area contributed by atoms with Gasteiger partial charge in [0.05, 0.1) is 10.4 Å². The Bertz CT molecular complexity index is 1330. The summed E-state index contributed by atoms with van der Waals surface area (Å²) in [6.45, 7) is 1.43. The second kappa shape index (κ2) is 8.84. The van der Waals surface area contributed by atoms with Crippen LogP contribution in [-0.4, -0.2) is 12.5 Å². The molecule has 0 fully saturated rings. The minimum Gasteiger partial charge on any atom is -0.476 e. The molecule has 4 rings (SSSR count). The maximum absolute atomic E-state index is 13.2. The molecule has 0 aliphatic carbocycles. The zero-order chi connectivity index (χ0) is 22.0. The van der Waals surface area contributed by atoms with Gasteiger partial charge in [-0.3, -0.25) is 9.59 Å². The van der Waals surface area contributed by atoms with Crippen molar-refractivity contribution in [1.82, 2.24) is 0 Å². The Morgan fingerprint density at radius 3 is 2.45 bits per heavy atom. The quantitative estimate of drug-likeness (QED) is 0.396. The summed E-state index contributed by atoms with van der Waals surface area (Å²) in [5.41, 5.74) is 1.77. The molecule has 0 spiro atoms. The van der Waals surface area contributed by atoms with E-state index in [1.165, 1.54) is 6.07 Å². The normalized spacial score (nSPS) is 10.8. The largest absolute Gasteiger partial charge is 0.476 e. The first-order chi connectivity index (χ1) is 14.9. The first kappa shape index (κ1) is 21.0. The number of hydrogen-bond acceptors (Lipinski definition) is 4. The lowest BCUT2D eigenvalue weighted by molar-refractivity contribution is -0.118. The zero-order valence-corrected chi connectivity index (χ0v) is 18.0. The van der Waals surface area contributed by atoms with Crippen LogP contribution in [0.4, 0.5) is 5.69 Å². The molecule has 0 saturated carbocycles. The number of halogens is 2. The second-order valence-corrected chi connectivity index (χ2v) is 7.68. The third kappa shape index (κ3) is 4.43. The number of hydrogen-bond donors (Lipinski definition) is 1. The molecule has 1 aromatic heterocycles. The van der Waals surface area contributed by atoms with Gasteiger partial charge >= 0.3 is 0 Å². The SMILES string of the molecule is Cc1cc2oc(-c3ccccc3Cl)c(OCC(=O)Nc3ccccc3)c(=O)c2cc1Cl. The third-order valence-corrected chi connectivity index (χ3v) is 5.39. The van der Waals surface area contributed by atoms with Crippen molar-refractivity contribution in [2.75, 3.05) is 11.9 Å². The Kier molecular flexibility index (Phi) is 5.98. The number of aryl methyl sites for hydroxylation is 1. The summed E-state index contributed by atoms with van der Waals surface area (Å²) in [4.78, 5) is 25.6. The predicted octanol–water partition coefficient (Wildman–Crippen LogP) is 6.09. The van der Waals surface area contributed by atoms with E-state index in [0.717, 1.165) is 5.56 Å². The van der Waals surface area contributed by atoms with Gasteiger partial charge in [0.1, 0.15) is 5.58 Å². The van der Waals surface area contributed by atoms with Crippen LogP contribution in [0.5, 0.6) is 5.75 Å². The first-order valence-corrected chi connectivity index (χ1v) is 10.2. The van der Waals surface area contributed by atoms with E-state index in [9.17, 15) is 9.59 Å². The number of carbonyl (C=O) groups excluding carboxylic acids is 1. The maximum atomic E-state index is 13.2. The van der Waals surface area contributed by atoms with Gasteiger partial charge in [-0.1, -0.05) is 53.5 Å². The van der Waals surface area contributed by atoms with Gasteiger partial charge in [0.15, 0.2) is 12.4 Å². The van der Waals surface area contributed by atoms with E-state index in [4.69, 9.17) is 32.4 Å². The van der Waals surface area contributed by atoms with Crippen LogP contribution in [-0.2, 0) is 4.79 Å². The summed E-state index contributed by atoms with van der Waals surface area (Å²) in [6.07, 6.45) is 0. The van der Waals surface area contributed by atoms with Crippen molar-refractivity contribution in [3.05, 3.63) is 92.6 Å². The molecule has 4 aromatic rings. The number of rotatable bonds is 5. The van der Waals surface area contributed by atoms with Crippen LogP contribution >= 0.6 is 23.2 Å². The Labute approximate surface area is 188 Å². The highest BCUT2D eigenvalue weighted by Crippen LogP contribution is 2.36. The highest BCUT2D eigenvalue weighted by molar-refractivity contribution is 6.33. The van der Waals surface area contributed by atoms with Crippen molar-refractivity contribution in [1.29, 1.82) is 0 Å². The van der Waals surface area contributed by atoms with E-state index >= 15 is 0 Å². The van der Waals surface area contributed by atoms with Crippen molar-refractivity contribution >= 4 is 45.8 Å². The number of carbonyl (C=O) groups is 1. The average Bonchev–Trinajstić information content (AvgIpc) is 2.75.